The second-order valence-electron chi connectivity index (χ2n) is 7.27. The van der Waals surface area contributed by atoms with Crippen molar-refractivity contribution in [3.63, 3.8) is 0 Å². The molecule has 0 aliphatic rings. The van der Waals surface area contributed by atoms with Crippen LogP contribution in [0.5, 0.6) is 0 Å². The fourth-order valence-corrected chi connectivity index (χ4v) is 3.33. The monoisotopic (exact) mass is 437 g/mol. The van der Waals surface area contributed by atoms with Gasteiger partial charge in [0, 0.05) is 23.6 Å². The highest BCUT2D eigenvalue weighted by atomic mass is 16.1. The molecular formula is C26H39N5O. The molecule has 32 heavy (non-hydrogen) atoms. The average molecular weight is 438 g/mol. The zero-order valence-electron chi connectivity index (χ0n) is 20.5. The van der Waals surface area contributed by atoms with Crippen LogP contribution in [0.15, 0.2) is 36.5 Å². The Bertz CT molecular complexity index is 949. The van der Waals surface area contributed by atoms with Gasteiger partial charge in [-0.25, -0.2) is 4.98 Å². The normalized spacial score (nSPS) is 9.81. The van der Waals surface area contributed by atoms with Crippen molar-refractivity contribution < 1.29 is 4.79 Å². The number of benzene rings is 1. The van der Waals surface area contributed by atoms with E-state index in [1.807, 2.05) is 26.1 Å². The number of carbonyl (C=O) groups excluding carboxylic acids is 1. The highest BCUT2D eigenvalue weighted by Gasteiger charge is 2.07. The molecule has 0 aliphatic heterocycles. The fraction of sp³-hybridized carbons (Fsp3) is 0.423. The topological polar surface area (TPSA) is 96.7 Å². The van der Waals surface area contributed by atoms with Crippen LogP contribution < -0.4 is 11.1 Å². The summed E-state index contributed by atoms with van der Waals surface area (Å²) in [6.07, 6.45) is 7.77. The van der Waals surface area contributed by atoms with E-state index in [0.717, 1.165) is 61.4 Å². The van der Waals surface area contributed by atoms with Crippen molar-refractivity contribution in [2.45, 2.75) is 73.6 Å². The van der Waals surface area contributed by atoms with Crippen LogP contribution in [0.4, 0.5) is 17.3 Å². The molecule has 0 radical (unpaired) electrons. The largest absolute Gasteiger partial charge is 0.399 e. The summed E-state index contributed by atoms with van der Waals surface area (Å²) in [7, 11) is 0. The van der Waals surface area contributed by atoms with Crippen LogP contribution in [0.2, 0.25) is 0 Å². The fourth-order valence-electron chi connectivity index (χ4n) is 3.33. The van der Waals surface area contributed by atoms with Gasteiger partial charge in [0.1, 0.15) is 12.1 Å². The van der Waals surface area contributed by atoms with Crippen LogP contribution in [0.3, 0.4) is 0 Å². The smallest absolute Gasteiger partial charge is 0.153 e. The molecule has 174 valence electrons. The molecule has 1 aromatic carbocycles. The number of aromatic nitrogens is 3. The third kappa shape index (κ3) is 8.53. The molecule has 0 amide bonds. The molecule has 0 saturated heterocycles. The van der Waals surface area contributed by atoms with Crippen molar-refractivity contribution >= 4 is 23.6 Å². The number of H-pyrrole nitrogens is 1. The molecule has 0 bridgehead atoms. The van der Waals surface area contributed by atoms with Crippen molar-refractivity contribution in [1.82, 2.24) is 15.2 Å². The van der Waals surface area contributed by atoms with E-state index in [4.69, 9.17) is 10.5 Å². The number of aromatic amines is 1. The van der Waals surface area contributed by atoms with Crippen molar-refractivity contribution in [2.24, 2.45) is 0 Å². The Balaban J connectivity index is 0.000000944. The maximum absolute atomic E-state index is 8.81. The first-order chi connectivity index (χ1) is 15.5. The van der Waals surface area contributed by atoms with Crippen LogP contribution in [-0.4, -0.2) is 21.5 Å². The zero-order valence-corrected chi connectivity index (χ0v) is 20.5. The summed E-state index contributed by atoms with van der Waals surface area (Å²) >= 11 is 0. The van der Waals surface area contributed by atoms with Gasteiger partial charge in [-0.3, -0.25) is 5.10 Å². The van der Waals surface area contributed by atoms with E-state index in [9.17, 15) is 0 Å². The number of pyridine rings is 1. The number of anilines is 3. The lowest BCUT2D eigenvalue weighted by atomic mass is 10.0. The van der Waals surface area contributed by atoms with Gasteiger partial charge in [-0.15, -0.1) is 0 Å². The second kappa shape index (κ2) is 14.8. The first-order valence-electron chi connectivity index (χ1n) is 11.5. The molecule has 0 aliphatic carbocycles. The van der Waals surface area contributed by atoms with Crippen molar-refractivity contribution in [3.05, 3.63) is 64.5 Å². The molecule has 6 heteroatoms. The van der Waals surface area contributed by atoms with Crippen LogP contribution in [-0.2, 0) is 30.5 Å². The van der Waals surface area contributed by atoms with E-state index in [1.54, 1.807) is 0 Å². The molecule has 3 aromatic rings. The number of aryl methyl sites for hydroxylation is 5. The summed E-state index contributed by atoms with van der Waals surface area (Å²) in [4.78, 5) is 13.3. The summed E-state index contributed by atoms with van der Waals surface area (Å²) in [5.41, 5.74) is 13.0. The molecule has 4 N–H and O–H groups in total. The minimum atomic E-state index is 0.750. The Morgan fingerprint density at radius 1 is 1.00 bits per heavy atom. The number of aldehydes is 1. The number of hydrogen-bond acceptors (Lipinski definition) is 5. The van der Waals surface area contributed by atoms with Crippen LogP contribution in [0, 0.1) is 6.92 Å². The lowest BCUT2D eigenvalue weighted by Crippen LogP contribution is -1.99. The first kappa shape index (κ1) is 26.9. The number of nitrogen functional groups attached to an aromatic ring is 1. The van der Waals surface area contributed by atoms with Gasteiger partial charge in [0.2, 0.25) is 0 Å². The van der Waals surface area contributed by atoms with Crippen molar-refractivity contribution in [1.29, 1.82) is 0 Å². The number of hydrogen-bond donors (Lipinski definition) is 3. The summed E-state index contributed by atoms with van der Waals surface area (Å²) in [6, 6.07) is 10.3. The molecular weight excluding hydrogens is 398 g/mol. The number of rotatable bonds is 8. The summed E-state index contributed by atoms with van der Waals surface area (Å²) in [6.45, 7) is 11.9. The Kier molecular flexibility index (Phi) is 12.4. The predicted molar refractivity (Wildman–Crippen MR) is 136 cm³/mol. The van der Waals surface area contributed by atoms with E-state index < -0.39 is 0 Å². The van der Waals surface area contributed by atoms with Gasteiger partial charge in [0.05, 0.1) is 0 Å². The average Bonchev–Trinajstić information content (AvgIpc) is 3.24. The van der Waals surface area contributed by atoms with E-state index in [1.165, 1.54) is 29.2 Å². The quantitative estimate of drug-likeness (QED) is 0.298. The Morgan fingerprint density at radius 2 is 1.72 bits per heavy atom. The summed E-state index contributed by atoms with van der Waals surface area (Å²) < 4.78 is 0. The SMILES string of the molecule is CC.CC=O.CCCc1cc(Nc2cc(CCc3cc(N)ccc3C)[nH]n2)ncc1CC. The van der Waals surface area contributed by atoms with Gasteiger partial charge in [-0.05, 0) is 80.0 Å². The van der Waals surface area contributed by atoms with E-state index >= 15 is 0 Å². The lowest BCUT2D eigenvalue weighted by molar-refractivity contribution is -0.106. The van der Waals surface area contributed by atoms with Crippen LogP contribution >= 0.6 is 0 Å². The molecule has 6 nitrogen and oxygen atoms in total. The highest BCUT2D eigenvalue weighted by Crippen LogP contribution is 2.20. The van der Waals surface area contributed by atoms with Crippen LogP contribution in [0.1, 0.15) is 69.0 Å². The van der Waals surface area contributed by atoms with Crippen molar-refractivity contribution in [3.8, 4) is 0 Å². The maximum atomic E-state index is 8.81. The van der Waals surface area contributed by atoms with Gasteiger partial charge in [0.15, 0.2) is 5.82 Å². The highest BCUT2D eigenvalue weighted by molar-refractivity contribution is 5.53. The molecule has 0 fully saturated rings. The number of nitrogens with one attached hydrogen (secondary N) is 2. The maximum Gasteiger partial charge on any atom is 0.153 e. The molecule has 3 rings (SSSR count). The van der Waals surface area contributed by atoms with Gasteiger partial charge in [0.25, 0.3) is 0 Å². The van der Waals surface area contributed by atoms with E-state index in [0.29, 0.717) is 0 Å². The first-order valence-corrected chi connectivity index (χ1v) is 11.5. The Hall–Kier alpha value is -3.15. The van der Waals surface area contributed by atoms with Crippen molar-refractivity contribution in [2.75, 3.05) is 11.1 Å². The molecule has 0 saturated carbocycles. The van der Waals surface area contributed by atoms with Gasteiger partial charge in [-0.2, -0.15) is 5.10 Å². The lowest BCUT2D eigenvalue weighted by Gasteiger charge is -2.09. The molecule has 2 aromatic heterocycles. The minimum Gasteiger partial charge on any atom is -0.399 e. The van der Waals surface area contributed by atoms with Gasteiger partial charge in [-0.1, -0.05) is 40.2 Å². The minimum absolute atomic E-state index is 0.750. The van der Waals surface area contributed by atoms with E-state index in [-0.39, 0.29) is 0 Å². The number of nitrogens with two attached hydrogens (primary N) is 1. The third-order valence-electron chi connectivity index (χ3n) is 4.91. The third-order valence-corrected chi connectivity index (χ3v) is 4.91. The number of nitrogens with zero attached hydrogens (tertiary/aromatic N) is 2. The molecule has 0 spiro atoms. The van der Waals surface area contributed by atoms with Gasteiger partial charge >= 0.3 is 0 Å². The Morgan fingerprint density at radius 3 is 2.38 bits per heavy atom. The summed E-state index contributed by atoms with van der Waals surface area (Å²) in [5, 5.41) is 10.8. The van der Waals surface area contributed by atoms with Crippen LogP contribution in [0.25, 0.3) is 0 Å². The summed E-state index contributed by atoms with van der Waals surface area (Å²) in [5.74, 6) is 1.65. The molecule has 2 heterocycles. The van der Waals surface area contributed by atoms with E-state index in [2.05, 4.69) is 65.5 Å². The standard InChI is InChI=1S/C22H29N5.C2H4O.C2H6/c1-4-6-18-12-21(24-14-16(18)5-2)25-22-13-20(26-27-22)10-8-17-11-19(23)9-7-15(17)3;1-2-3;1-2/h7,9,11-14H,4-6,8,10,23H2,1-3H3,(H2,24,25,26,27);2H,1H3;1-2H3. The predicted octanol–water partition coefficient (Wildman–Crippen LogP) is 5.97. The molecule has 0 atom stereocenters. The molecule has 0 unspecified atom stereocenters. The second-order valence-corrected chi connectivity index (χ2v) is 7.27. The Labute approximate surface area is 193 Å². The van der Waals surface area contributed by atoms with Gasteiger partial charge < -0.3 is 15.8 Å². The zero-order chi connectivity index (χ0) is 23.9. The number of carbonyl (C=O) groups is 1.